The highest BCUT2D eigenvalue weighted by atomic mass is 32.2. The van der Waals surface area contributed by atoms with E-state index in [4.69, 9.17) is 9.11 Å². The molecule has 13 heavy (non-hydrogen) atoms. The van der Waals surface area contributed by atoms with Gasteiger partial charge in [0.05, 0.1) is 6.10 Å². The first-order valence-electron chi connectivity index (χ1n) is 3.15. The summed E-state index contributed by atoms with van der Waals surface area (Å²) in [6.45, 7) is 2.36. The Balaban J connectivity index is 4.97. The van der Waals surface area contributed by atoms with Crippen molar-refractivity contribution < 1.29 is 31.2 Å². The van der Waals surface area contributed by atoms with Gasteiger partial charge in [0.2, 0.25) is 10.1 Å². The molecule has 0 amide bonds. The van der Waals surface area contributed by atoms with Crippen LogP contribution >= 0.6 is 0 Å². The van der Waals surface area contributed by atoms with Crippen LogP contribution in [0.3, 0.4) is 0 Å². The molecule has 0 aliphatic carbocycles. The molecule has 0 unspecified atom stereocenters. The molecule has 0 aromatic carbocycles. The summed E-state index contributed by atoms with van der Waals surface area (Å²) < 4.78 is 67.0. The van der Waals surface area contributed by atoms with Crippen LogP contribution < -0.4 is 0 Å². The van der Waals surface area contributed by atoms with E-state index in [0.29, 0.717) is 0 Å². The third-order valence-electron chi connectivity index (χ3n) is 0.846. The van der Waals surface area contributed by atoms with Gasteiger partial charge in [-0.1, -0.05) is 0 Å². The van der Waals surface area contributed by atoms with Gasteiger partial charge in [-0.05, 0) is 13.8 Å². The highest BCUT2D eigenvalue weighted by Crippen LogP contribution is 2.21. The van der Waals surface area contributed by atoms with E-state index in [9.17, 15) is 17.4 Å². The Hall–Kier alpha value is -0.310. The summed E-state index contributed by atoms with van der Waals surface area (Å²) in [5.41, 5.74) is 0. The fourth-order valence-corrected chi connectivity index (χ4v) is 0.855. The van der Waals surface area contributed by atoms with Crippen molar-refractivity contribution in [2.75, 3.05) is 0 Å². The van der Waals surface area contributed by atoms with Crippen molar-refractivity contribution in [2.45, 2.75) is 26.1 Å². The van der Waals surface area contributed by atoms with E-state index in [1.807, 2.05) is 0 Å². The molecule has 2 N–H and O–H groups in total. The number of rotatable bonds is 3. The lowest BCUT2D eigenvalue weighted by atomic mass is 10.5. The molecule has 0 spiro atoms. The average molecular weight is 222 g/mol. The molecule has 0 rings (SSSR count). The van der Waals surface area contributed by atoms with Crippen LogP contribution in [-0.2, 0) is 14.8 Å². The summed E-state index contributed by atoms with van der Waals surface area (Å²) in [6, 6.07) is 0. The van der Waals surface area contributed by atoms with E-state index in [1.165, 1.54) is 13.8 Å². The molecule has 4 nitrogen and oxygen atoms in total. The molecule has 0 atom stereocenters. The summed E-state index contributed by atoms with van der Waals surface area (Å²) in [6.07, 6.45) is -5.61. The first-order chi connectivity index (χ1) is 5.57. The van der Waals surface area contributed by atoms with Gasteiger partial charge in [0.15, 0.2) is 0 Å². The molecule has 0 aromatic heterocycles. The maximum absolute atomic E-state index is 12.4. The molecule has 0 aliphatic heterocycles. The Morgan fingerprint density at radius 1 is 1.46 bits per heavy atom. The second-order valence-electron chi connectivity index (χ2n) is 2.45. The highest BCUT2D eigenvalue weighted by Gasteiger charge is 2.43. The summed E-state index contributed by atoms with van der Waals surface area (Å²) in [4.78, 5) is 0. The maximum atomic E-state index is 12.4. The Morgan fingerprint density at radius 2 is 1.85 bits per heavy atom. The lowest BCUT2D eigenvalue weighted by Gasteiger charge is -2.17. The van der Waals surface area contributed by atoms with Crippen molar-refractivity contribution in [3.8, 4) is 0 Å². The van der Waals surface area contributed by atoms with E-state index in [1.54, 1.807) is 0 Å². The van der Waals surface area contributed by atoms with Crippen molar-refractivity contribution >= 4 is 15.2 Å². The van der Waals surface area contributed by atoms with Crippen molar-refractivity contribution in [3.05, 3.63) is 0 Å². The second-order valence-corrected chi connectivity index (χ2v) is 3.81. The Morgan fingerprint density at radius 3 is 2.08 bits per heavy atom. The lowest BCUT2D eigenvalue weighted by molar-refractivity contribution is -0.207. The number of alkyl halides is 2. The van der Waals surface area contributed by atoms with Gasteiger partial charge in [0, 0.05) is 0 Å². The zero-order valence-corrected chi connectivity index (χ0v) is 7.65. The van der Waals surface area contributed by atoms with E-state index in [-0.39, 0.29) is 0 Å². The Labute approximate surface area is 73.4 Å². The monoisotopic (exact) mass is 222 g/mol. The normalized spacial score (nSPS) is 13.5. The fourth-order valence-electron chi connectivity index (χ4n) is 0.497. The zero-order valence-electron chi connectivity index (χ0n) is 6.83. The van der Waals surface area contributed by atoms with Crippen molar-refractivity contribution in [1.29, 1.82) is 0 Å². The highest BCUT2D eigenvalue weighted by molar-refractivity contribution is 7.91. The van der Waals surface area contributed by atoms with E-state index >= 15 is 0 Å². The first-order valence-corrected chi connectivity index (χ1v) is 4.62. The number of hydrogen-bond donors (Lipinski definition) is 2. The molecule has 0 radical (unpaired) electrons. The van der Waals surface area contributed by atoms with Crippen LogP contribution in [0.25, 0.3) is 0 Å². The topological polar surface area (TPSA) is 66.8 Å². The number of hydrogen-bond acceptors (Lipinski definition) is 2. The smallest absolute Gasteiger partial charge is 0.311 e. The predicted molar refractivity (Wildman–Crippen MR) is 40.7 cm³/mol. The van der Waals surface area contributed by atoms with E-state index < -0.39 is 27.4 Å². The molecule has 8 heteroatoms. The summed E-state index contributed by atoms with van der Waals surface area (Å²) in [5, 5.41) is -2.80. The second kappa shape index (κ2) is 3.82. The average Bonchev–Trinajstić information content (AvgIpc) is 1.80. The van der Waals surface area contributed by atoms with Gasteiger partial charge in [-0.15, -0.1) is 0 Å². The van der Waals surface area contributed by atoms with Gasteiger partial charge < -0.3 is 4.74 Å². The first kappa shape index (κ1) is 12.7. The van der Waals surface area contributed by atoms with Crippen LogP contribution in [0.2, 0.25) is 0 Å². The maximum Gasteiger partial charge on any atom is 0.422 e. The van der Waals surface area contributed by atoms with Crippen LogP contribution in [-0.4, -0.2) is 30.6 Å². The SMILES string of the molecule is CC(C)OC(F)(F)C(F)=S(=O)(O)O. The van der Waals surface area contributed by atoms with Crippen LogP contribution in [0.4, 0.5) is 13.2 Å². The molecule has 0 fully saturated rings. The Kier molecular flexibility index (Phi) is 3.73. The third kappa shape index (κ3) is 3.94. The minimum absolute atomic E-state index is 1.05. The van der Waals surface area contributed by atoms with E-state index in [2.05, 4.69) is 4.74 Å². The summed E-state index contributed by atoms with van der Waals surface area (Å²) in [7, 11) is -5.28. The van der Waals surface area contributed by atoms with Gasteiger partial charge in [0.25, 0.3) is 0 Å². The fraction of sp³-hybridized carbons (Fsp3) is 0.800. The minimum atomic E-state index is -5.28. The summed E-state index contributed by atoms with van der Waals surface area (Å²) >= 11 is 0. The van der Waals surface area contributed by atoms with Crippen LogP contribution in [0.1, 0.15) is 13.8 Å². The van der Waals surface area contributed by atoms with Gasteiger partial charge >= 0.3 is 11.2 Å². The van der Waals surface area contributed by atoms with Gasteiger partial charge in [-0.3, -0.25) is 9.11 Å². The lowest BCUT2D eigenvalue weighted by Crippen LogP contribution is -2.35. The quantitative estimate of drug-likeness (QED) is 0.558. The molecular formula is C5H9F3O4S. The molecule has 0 bridgehead atoms. The van der Waals surface area contributed by atoms with Crippen LogP contribution in [0.15, 0.2) is 0 Å². The standard InChI is InChI=1S/C5H9F3O4S/c1-3(2)12-5(7,8)4(6)13(9,10)11/h3H,1-2H3,(H2,9,10,11). The Bertz CT molecular complexity index is 284. The van der Waals surface area contributed by atoms with Gasteiger partial charge in [0.1, 0.15) is 0 Å². The summed E-state index contributed by atoms with van der Waals surface area (Å²) in [5.74, 6) is 0. The molecular weight excluding hydrogens is 213 g/mol. The van der Waals surface area contributed by atoms with E-state index in [0.717, 1.165) is 0 Å². The molecule has 0 aliphatic rings. The minimum Gasteiger partial charge on any atom is -0.311 e. The molecule has 80 valence electrons. The van der Waals surface area contributed by atoms with Crippen molar-refractivity contribution in [1.82, 2.24) is 0 Å². The number of ether oxygens (including phenoxy) is 1. The predicted octanol–water partition coefficient (Wildman–Crippen LogP) is 1.33. The number of halogens is 3. The van der Waals surface area contributed by atoms with Crippen molar-refractivity contribution in [3.63, 3.8) is 0 Å². The molecule has 0 aromatic rings. The largest absolute Gasteiger partial charge is 0.422 e. The van der Waals surface area contributed by atoms with Crippen LogP contribution in [0, 0.1) is 0 Å². The van der Waals surface area contributed by atoms with Gasteiger partial charge in [-0.2, -0.15) is 13.2 Å². The van der Waals surface area contributed by atoms with Crippen molar-refractivity contribution in [2.24, 2.45) is 0 Å². The molecule has 0 saturated heterocycles. The third-order valence-corrected chi connectivity index (χ3v) is 1.55. The van der Waals surface area contributed by atoms with Gasteiger partial charge in [-0.25, -0.2) is 4.21 Å². The zero-order chi connectivity index (χ0) is 10.9. The molecule has 0 saturated carbocycles. The van der Waals surface area contributed by atoms with Crippen LogP contribution in [0.5, 0.6) is 0 Å². The molecule has 0 heterocycles.